The Labute approximate surface area is 192 Å². The summed E-state index contributed by atoms with van der Waals surface area (Å²) < 4.78 is 0. The molecule has 4 fully saturated rings. The van der Waals surface area contributed by atoms with Crippen LogP contribution in [0.5, 0.6) is 0 Å². The molecule has 0 radical (unpaired) electrons. The van der Waals surface area contributed by atoms with E-state index in [0.29, 0.717) is 29.4 Å². The SMILES string of the molecule is C[C@]12CC[C@H](O)C[C@H]1CC[C@@H]1[C@@H]2CC[C@]2(C)[C@@H](/C=C/C(=N\N)C3=NCCCN3)CC[C@]12O. The first-order chi connectivity index (χ1) is 15.3. The third-order valence-electron chi connectivity index (χ3n) is 10.7. The minimum Gasteiger partial charge on any atom is -0.393 e. The molecular formula is C26H42N4O2. The summed E-state index contributed by atoms with van der Waals surface area (Å²) in [6, 6.07) is 0. The molecule has 5 N–H and O–H groups in total. The zero-order valence-electron chi connectivity index (χ0n) is 19.9. The van der Waals surface area contributed by atoms with Gasteiger partial charge in [-0.25, -0.2) is 0 Å². The minimum atomic E-state index is -0.602. The number of nitrogens with one attached hydrogen (secondary N) is 1. The van der Waals surface area contributed by atoms with Crippen molar-refractivity contribution in [3.8, 4) is 0 Å². The molecule has 0 unspecified atom stereocenters. The fourth-order valence-electron chi connectivity index (χ4n) is 8.65. The van der Waals surface area contributed by atoms with Crippen molar-refractivity contribution in [1.29, 1.82) is 0 Å². The van der Waals surface area contributed by atoms with Gasteiger partial charge in [-0.05, 0) is 99.4 Å². The fraction of sp³-hybridized carbons (Fsp3) is 0.846. The molecule has 0 aromatic carbocycles. The van der Waals surface area contributed by atoms with Crippen molar-refractivity contribution in [3.63, 3.8) is 0 Å². The molecule has 4 aliphatic carbocycles. The maximum atomic E-state index is 12.3. The van der Waals surface area contributed by atoms with Gasteiger partial charge in [0.05, 0.1) is 11.7 Å². The van der Waals surface area contributed by atoms with E-state index >= 15 is 0 Å². The van der Waals surface area contributed by atoms with E-state index in [-0.39, 0.29) is 16.9 Å². The van der Waals surface area contributed by atoms with Gasteiger partial charge in [-0.1, -0.05) is 19.9 Å². The van der Waals surface area contributed by atoms with Crippen LogP contribution in [0.3, 0.4) is 0 Å². The van der Waals surface area contributed by atoms with Gasteiger partial charge in [0.25, 0.3) is 0 Å². The molecule has 32 heavy (non-hydrogen) atoms. The van der Waals surface area contributed by atoms with Gasteiger partial charge in [0, 0.05) is 18.5 Å². The predicted octanol–water partition coefficient (Wildman–Crippen LogP) is 3.38. The summed E-state index contributed by atoms with van der Waals surface area (Å²) in [5.74, 6) is 8.40. The number of aliphatic hydroxyl groups excluding tert-OH is 1. The highest BCUT2D eigenvalue weighted by atomic mass is 16.3. The normalized spacial score (nSPS) is 49.1. The highest BCUT2D eigenvalue weighted by molar-refractivity contribution is 6.45. The van der Waals surface area contributed by atoms with Gasteiger partial charge in [-0.15, -0.1) is 0 Å². The van der Waals surface area contributed by atoms with Crippen molar-refractivity contribution in [1.82, 2.24) is 5.32 Å². The molecule has 0 aromatic rings. The number of allylic oxidation sites excluding steroid dienone is 1. The summed E-state index contributed by atoms with van der Waals surface area (Å²) in [5.41, 5.74) is 0.280. The van der Waals surface area contributed by atoms with Crippen LogP contribution >= 0.6 is 0 Å². The molecule has 5 rings (SSSR count). The Morgan fingerprint density at radius 1 is 1.12 bits per heavy atom. The monoisotopic (exact) mass is 442 g/mol. The number of hydrogen-bond donors (Lipinski definition) is 4. The van der Waals surface area contributed by atoms with Crippen LogP contribution in [0.4, 0.5) is 0 Å². The second kappa shape index (κ2) is 8.12. The van der Waals surface area contributed by atoms with E-state index < -0.39 is 5.60 Å². The fourth-order valence-corrected chi connectivity index (χ4v) is 8.65. The van der Waals surface area contributed by atoms with Gasteiger partial charge in [-0.3, -0.25) is 4.99 Å². The number of fused-ring (bicyclic) bond motifs is 5. The standard InChI is InChI=1S/C26H42N4O2/c1-24-11-9-19(31)16-18(24)4-6-21-20(24)10-12-25(2)17(8-13-26(21,25)32)5-7-22(30-27)23-28-14-3-15-29-23/h5,7,17-21,31-32H,3-4,6,8-16,27H2,1-2H3,(H,28,29)/b7-5+,30-22+/t17-,18+,19-,20-,21+,24-,25+,26-/m0/s1. The predicted molar refractivity (Wildman–Crippen MR) is 128 cm³/mol. The molecule has 6 nitrogen and oxygen atoms in total. The van der Waals surface area contributed by atoms with Crippen LogP contribution in [0.15, 0.2) is 22.2 Å². The summed E-state index contributed by atoms with van der Waals surface area (Å²) in [5, 5.41) is 29.9. The number of hydrazone groups is 1. The van der Waals surface area contributed by atoms with Crippen LogP contribution in [0.2, 0.25) is 0 Å². The third-order valence-corrected chi connectivity index (χ3v) is 10.7. The highest BCUT2D eigenvalue weighted by Crippen LogP contribution is 2.69. The van der Waals surface area contributed by atoms with Crippen molar-refractivity contribution in [2.75, 3.05) is 13.1 Å². The average Bonchev–Trinajstić information content (AvgIpc) is 3.06. The lowest BCUT2D eigenvalue weighted by Gasteiger charge is -2.63. The molecule has 178 valence electrons. The number of amidine groups is 1. The Morgan fingerprint density at radius 3 is 2.72 bits per heavy atom. The molecule has 0 saturated heterocycles. The second-order valence-corrected chi connectivity index (χ2v) is 11.8. The van der Waals surface area contributed by atoms with Crippen LogP contribution in [0, 0.1) is 34.5 Å². The van der Waals surface area contributed by atoms with E-state index in [9.17, 15) is 10.2 Å². The molecule has 8 atom stereocenters. The van der Waals surface area contributed by atoms with E-state index in [1.54, 1.807) is 0 Å². The van der Waals surface area contributed by atoms with E-state index in [2.05, 4.69) is 35.3 Å². The minimum absolute atomic E-state index is 0.108. The number of nitrogens with zero attached hydrogens (tertiary/aromatic N) is 2. The first-order valence-electron chi connectivity index (χ1n) is 13.0. The molecule has 0 aromatic heterocycles. The Kier molecular flexibility index (Phi) is 5.68. The summed E-state index contributed by atoms with van der Waals surface area (Å²) in [7, 11) is 0. The van der Waals surface area contributed by atoms with Gasteiger partial charge in [-0.2, -0.15) is 5.10 Å². The zero-order valence-corrected chi connectivity index (χ0v) is 19.9. The maximum absolute atomic E-state index is 12.3. The molecule has 1 aliphatic heterocycles. The van der Waals surface area contributed by atoms with Gasteiger partial charge < -0.3 is 21.4 Å². The first kappa shape index (κ1) is 22.4. The number of nitrogens with two attached hydrogens (primary N) is 1. The van der Waals surface area contributed by atoms with Crippen LogP contribution in [-0.2, 0) is 0 Å². The number of rotatable bonds is 3. The van der Waals surface area contributed by atoms with Crippen molar-refractivity contribution in [2.45, 2.75) is 89.8 Å². The van der Waals surface area contributed by atoms with Crippen molar-refractivity contribution in [2.24, 2.45) is 50.4 Å². The van der Waals surface area contributed by atoms with E-state index in [4.69, 9.17) is 5.84 Å². The number of aliphatic hydroxyl groups is 2. The van der Waals surface area contributed by atoms with Crippen molar-refractivity contribution >= 4 is 11.5 Å². The Hall–Kier alpha value is -1.40. The average molecular weight is 443 g/mol. The smallest absolute Gasteiger partial charge is 0.149 e. The van der Waals surface area contributed by atoms with Crippen LogP contribution in [0.1, 0.15) is 78.1 Å². The summed E-state index contributed by atoms with van der Waals surface area (Å²) >= 11 is 0. The summed E-state index contributed by atoms with van der Waals surface area (Å²) in [4.78, 5) is 4.54. The summed E-state index contributed by atoms with van der Waals surface area (Å²) in [6.07, 6.45) is 14.6. The van der Waals surface area contributed by atoms with E-state index in [1.807, 2.05) is 6.08 Å². The molecule has 0 amide bonds. The van der Waals surface area contributed by atoms with Crippen LogP contribution in [-0.4, -0.2) is 46.6 Å². The molecule has 6 heteroatoms. The summed E-state index contributed by atoms with van der Waals surface area (Å²) in [6.45, 7) is 6.53. The van der Waals surface area contributed by atoms with E-state index in [1.165, 1.54) is 6.42 Å². The first-order valence-corrected chi connectivity index (χ1v) is 13.0. The lowest BCUT2D eigenvalue weighted by molar-refractivity contribution is -0.207. The molecule has 4 saturated carbocycles. The highest BCUT2D eigenvalue weighted by Gasteiger charge is 2.66. The lowest BCUT2D eigenvalue weighted by atomic mass is 9.43. The van der Waals surface area contributed by atoms with Crippen molar-refractivity contribution < 1.29 is 10.2 Å². The van der Waals surface area contributed by atoms with Crippen molar-refractivity contribution in [3.05, 3.63) is 12.2 Å². The lowest BCUT2D eigenvalue weighted by Crippen LogP contribution is -2.62. The molecule has 1 heterocycles. The Bertz CT molecular complexity index is 825. The molecule has 0 spiro atoms. The van der Waals surface area contributed by atoms with Gasteiger partial charge in [0.2, 0.25) is 0 Å². The van der Waals surface area contributed by atoms with E-state index in [0.717, 1.165) is 76.7 Å². The van der Waals surface area contributed by atoms with Gasteiger partial charge in [0.1, 0.15) is 11.5 Å². The quantitative estimate of drug-likeness (QED) is 0.306. The number of aliphatic imine (C=N–C) groups is 1. The third kappa shape index (κ3) is 3.27. The van der Waals surface area contributed by atoms with Crippen LogP contribution in [0.25, 0.3) is 0 Å². The molecular weight excluding hydrogens is 400 g/mol. The molecule has 5 aliphatic rings. The Morgan fingerprint density at radius 2 is 1.97 bits per heavy atom. The maximum Gasteiger partial charge on any atom is 0.149 e. The number of hydrogen-bond acceptors (Lipinski definition) is 6. The second-order valence-electron chi connectivity index (χ2n) is 11.8. The largest absolute Gasteiger partial charge is 0.393 e. The molecule has 0 bridgehead atoms. The van der Waals surface area contributed by atoms with Gasteiger partial charge >= 0.3 is 0 Å². The topological polar surface area (TPSA) is 103 Å². The zero-order chi connectivity index (χ0) is 22.6. The van der Waals surface area contributed by atoms with Gasteiger partial charge in [0.15, 0.2) is 0 Å². The van der Waals surface area contributed by atoms with Crippen LogP contribution < -0.4 is 11.2 Å². The Balaban J connectivity index is 1.37.